The van der Waals surface area contributed by atoms with E-state index in [0.29, 0.717) is 23.0 Å². The highest BCUT2D eigenvalue weighted by Gasteiger charge is 2.29. The molecule has 0 saturated heterocycles. The van der Waals surface area contributed by atoms with Gasteiger partial charge in [-0.05, 0) is 86.2 Å². The van der Waals surface area contributed by atoms with E-state index in [2.05, 4.69) is 38.1 Å². The summed E-state index contributed by atoms with van der Waals surface area (Å²) in [5.74, 6) is 2.65. The van der Waals surface area contributed by atoms with Gasteiger partial charge in [0.15, 0.2) is 0 Å². The van der Waals surface area contributed by atoms with Crippen LogP contribution in [0.5, 0.6) is 0 Å². The molecular weight excluding hydrogens is 352 g/mol. The molecule has 2 nitrogen and oxygen atoms in total. The molecule has 0 amide bonds. The number of unbranched alkanes of at least 4 members (excludes halogenated alkanes) is 1. The Morgan fingerprint density at radius 1 is 0.690 bits per heavy atom. The fourth-order valence-electron chi connectivity index (χ4n) is 5.98. The maximum Gasteiger partial charge on any atom is 0.101 e. The number of hydrogen-bond donors (Lipinski definition) is 0. The second-order valence-corrected chi connectivity index (χ2v) is 9.58. The van der Waals surface area contributed by atoms with Crippen molar-refractivity contribution in [3.63, 3.8) is 0 Å². The van der Waals surface area contributed by atoms with Crippen molar-refractivity contribution in [3.8, 4) is 12.1 Å². The third-order valence-electron chi connectivity index (χ3n) is 7.73. The molecule has 0 aromatic heterocycles. The summed E-state index contributed by atoms with van der Waals surface area (Å²) in [5.41, 5.74) is 3.69. The molecule has 3 rings (SSSR count). The molecular formula is C27H38N2. The fourth-order valence-corrected chi connectivity index (χ4v) is 5.98. The van der Waals surface area contributed by atoms with Crippen molar-refractivity contribution in [2.75, 3.05) is 0 Å². The summed E-state index contributed by atoms with van der Waals surface area (Å²) >= 11 is 0. The van der Waals surface area contributed by atoms with Crippen LogP contribution in [-0.4, -0.2) is 0 Å². The van der Waals surface area contributed by atoms with Gasteiger partial charge in [-0.15, -0.1) is 0 Å². The Balaban J connectivity index is 1.75. The molecule has 0 bridgehead atoms. The monoisotopic (exact) mass is 390 g/mol. The van der Waals surface area contributed by atoms with Gasteiger partial charge in [0.1, 0.15) is 12.1 Å². The molecule has 2 aliphatic carbocycles. The molecule has 2 fully saturated rings. The van der Waals surface area contributed by atoms with Gasteiger partial charge >= 0.3 is 0 Å². The van der Waals surface area contributed by atoms with E-state index in [1.54, 1.807) is 0 Å². The summed E-state index contributed by atoms with van der Waals surface area (Å²) in [6.07, 6.45) is 16.4. The molecule has 1 aromatic rings. The van der Waals surface area contributed by atoms with Gasteiger partial charge in [-0.25, -0.2) is 0 Å². The molecule has 0 N–H and O–H groups in total. The molecule has 2 saturated carbocycles. The second kappa shape index (κ2) is 10.8. The van der Waals surface area contributed by atoms with E-state index < -0.39 is 0 Å². The number of rotatable bonds is 7. The lowest BCUT2D eigenvalue weighted by molar-refractivity contribution is 0.303. The number of benzene rings is 1. The average molecular weight is 391 g/mol. The zero-order valence-electron chi connectivity index (χ0n) is 18.6. The first-order valence-corrected chi connectivity index (χ1v) is 12.2. The molecule has 29 heavy (non-hydrogen) atoms. The Kier molecular flexibility index (Phi) is 8.18. The smallest absolute Gasteiger partial charge is 0.101 e. The topological polar surface area (TPSA) is 47.6 Å². The van der Waals surface area contributed by atoms with Gasteiger partial charge in [-0.3, -0.25) is 0 Å². The van der Waals surface area contributed by atoms with E-state index in [1.165, 1.54) is 83.5 Å². The highest BCUT2D eigenvalue weighted by Crippen LogP contribution is 2.43. The Morgan fingerprint density at radius 2 is 1.14 bits per heavy atom. The van der Waals surface area contributed by atoms with Crippen molar-refractivity contribution < 1.29 is 0 Å². The van der Waals surface area contributed by atoms with Gasteiger partial charge in [-0.2, -0.15) is 10.5 Å². The minimum Gasteiger partial charge on any atom is -0.192 e. The Morgan fingerprint density at radius 3 is 1.52 bits per heavy atom. The number of nitriles is 2. The molecule has 0 heterocycles. The summed E-state index contributed by atoms with van der Waals surface area (Å²) in [4.78, 5) is 0. The normalized spacial score (nSPS) is 27.2. The highest BCUT2D eigenvalue weighted by molar-refractivity contribution is 5.56. The SMILES string of the molecule is CCCCC1CCC(c2ccc(C3CCC(CCC)CC3)c(C#N)c2C#N)CC1. The van der Waals surface area contributed by atoms with Crippen LogP contribution in [0.4, 0.5) is 0 Å². The number of hydrogen-bond acceptors (Lipinski definition) is 2. The maximum absolute atomic E-state index is 9.96. The standard InChI is InChI=1S/C27H38N2/c1-3-5-7-21-10-14-23(15-11-21)25-17-16-24(26(18-28)27(25)19-29)22-12-8-20(6-4-2)9-13-22/h16-17,20-23H,3-15H2,1-2H3. The molecule has 0 unspecified atom stereocenters. The minimum absolute atomic E-state index is 0.462. The third-order valence-corrected chi connectivity index (χ3v) is 7.73. The summed E-state index contributed by atoms with van der Waals surface area (Å²) in [7, 11) is 0. The van der Waals surface area contributed by atoms with Gasteiger partial charge in [0.25, 0.3) is 0 Å². The second-order valence-electron chi connectivity index (χ2n) is 9.58. The van der Waals surface area contributed by atoms with Crippen molar-refractivity contribution in [3.05, 3.63) is 34.4 Å². The predicted molar refractivity (Wildman–Crippen MR) is 120 cm³/mol. The van der Waals surface area contributed by atoms with E-state index in [9.17, 15) is 10.5 Å². The Hall–Kier alpha value is -1.80. The van der Waals surface area contributed by atoms with Crippen molar-refractivity contribution in [1.29, 1.82) is 10.5 Å². The van der Waals surface area contributed by atoms with E-state index >= 15 is 0 Å². The lowest BCUT2D eigenvalue weighted by atomic mass is 9.73. The first-order valence-electron chi connectivity index (χ1n) is 12.2. The molecule has 0 atom stereocenters. The van der Waals surface area contributed by atoms with Gasteiger partial charge in [0, 0.05) is 0 Å². The zero-order valence-corrected chi connectivity index (χ0v) is 18.6. The summed E-state index contributed by atoms with van der Waals surface area (Å²) in [5, 5.41) is 19.9. The predicted octanol–water partition coefficient (Wildman–Crippen LogP) is 7.97. The minimum atomic E-state index is 0.462. The maximum atomic E-state index is 9.96. The van der Waals surface area contributed by atoms with Gasteiger partial charge in [-0.1, -0.05) is 58.1 Å². The molecule has 2 heteroatoms. The summed E-state index contributed by atoms with van der Waals surface area (Å²) in [6.45, 7) is 4.54. The molecule has 2 aliphatic rings. The summed E-state index contributed by atoms with van der Waals surface area (Å²) in [6, 6.07) is 9.31. The third kappa shape index (κ3) is 5.22. The zero-order chi connectivity index (χ0) is 20.6. The molecule has 156 valence electrons. The van der Waals surface area contributed by atoms with Gasteiger partial charge in [0.2, 0.25) is 0 Å². The van der Waals surface area contributed by atoms with Crippen LogP contribution in [-0.2, 0) is 0 Å². The Labute approximate surface area is 178 Å². The first kappa shape index (κ1) is 21.9. The molecule has 1 aromatic carbocycles. The molecule has 0 aliphatic heterocycles. The molecule has 0 radical (unpaired) electrons. The van der Waals surface area contributed by atoms with Crippen LogP contribution >= 0.6 is 0 Å². The van der Waals surface area contributed by atoms with Crippen molar-refractivity contribution in [1.82, 2.24) is 0 Å². The van der Waals surface area contributed by atoms with Crippen LogP contribution in [0.1, 0.15) is 131 Å². The highest BCUT2D eigenvalue weighted by atomic mass is 14.4. The van der Waals surface area contributed by atoms with E-state index in [4.69, 9.17) is 0 Å². The van der Waals surface area contributed by atoms with Crippen molar-refractivity contribution in [2.45, 2.75) is 109 Å². The first-order chi connectivity index (χ1) is 14.2. The summed E-state index contributed by atoms with van der Waals surface area (Å²) < 4.78 is 0. The van der Waals surface area contributed by atoms with Crippen LogP contribution in [0.25, 0.3) is 0 Å². The van der Waals surface area contributed by atoms with Gasteiger partial charge in [0.05, 0.1) is 11.1 Å². The van der Waals surface area contributed by atoms with E-state index in [1.807, 2.05) is 0 Å². The van der Waals surface area contributed by atoms with Gasteiger partial charge < -0.3 is 0 Å². The lowest BCUT2D eigenvalue weighted by Gasteiger charge is -2.31. The quantitative estimate of drug-likeness (QED) is 0.474. The Bertz CT molecular complexity index is 735. The van der Waals surface area contributed by atoms with Crippen molar-refractivity contribution in [2.24, 2.45) is 11.8 Å². The molecule has 0 spiro atoms. The van der Waals surface area contributed by atoms with Crippen molar-refractivity contribution >= 4 is 0 Å². The fraction of sp³-hybridized carbons (Fsp3) is 0.704. The average Bonchev–Trinajstić information content (AvgIpc) is 2.77. The number of nitrogens with zero attached hydrogens (tertiary/aromatic N) is 2. The van der Waals surface area contributed by atoms with Crippen LogP contribution in [0, 0.1) is 34.5 Å². The van der Waals surface area contributed by atoms with E-state index in [0.717, 1.165) is 23.0 Å². The largest absolute Gasteiger partial charge is 0.192 e. The lowest BCUT2D eigenvalue weighted by Crippen LogP contribution is -2.17. The van der Waals surface area contributed by atoms with Crippen LogP contribution in [0.3, 0.4) is 0 Å². The van der Waals surface area contributed by atoms with E-state index in [-0.39, 0.29) is 0 Å². The van der Waals surface area contributed by atoms with Crippen LogP contribution in [0.2, 0.25) is 0 Å². The van der Waals surface area contributed by atoms with Crippen LogP contribution < -0.4 is 0 Å². The van der Waals surface area contributed by atoms with Crippen LogP contribution in [0.15, 0.2) is 12.1 Å².